The summed E-state index contributed by atoms with van der Waals surface area (Å²) >= 11 is 1.12. The zero-order valence-electron chi connectivity index (χ0n) is 16.5. The van der Waals surface area contributed by atoms with Crippen LogP contribution in [0.3, 0.4) is 0 Å². The molecule has 1 heterocycles. The van der Waals surface area contributed by atoms with Crippen molar-refractivity contribution in [2.45, 2.75) is 18.1 Å². The first-order valence-corrected chi connectivity index (χ1v) is 11.7. The molecule has 4 rings (SSSR count). The highest BCUT2D eigenvalue weighted by atomic mass is 32.2. The Morgan fingerprint density at radius 1 is 0.867 bits per heavy atom. The highest BCUT2D eigenvalue weighted by Crippen LogP contribution is 2.29. The number of thiophene rings is 1. The third-order valence-corrected chi connectivity index (χ3v) is 7.53. The van der Waals surface area contributed by atoms with E-state index in [4.69, 9.17) is 0 Å². The molecule has 0 radical (unpaired) electrons. The number of nitrogens with one attached hydrogen (secondary N) is 2. The van der Waals surface area contributed by atoms with Crippen LogP contribution in [0.5, 0.6) is 0 Å². The van der Waals surface area contributed by atoms with E-state index in [9.17, 15) is 13.2 Å². The van der Waals surface area contributed by atoms with Crippen LogP contribution in [0.25, 0.3) is 10.8 Å². The minimum atomic E-state index is -3.79. The van der Waals surface area contributed by atoms with Crippen LogP contribution >= 0.6 is 11.3 Å². The Hall–Kier alpha value is -3.16. The van der Waals surface area contributed by atoms with Crippen LogP contribution in [-0.2, 0) is 10.0 Å². The number of amides is 1. The van der Waals surface area contributed by atoms with E-state index < -0.39 is 10.0 Å². The Morgan fingerprint density at radius 3 is 2.27 bits per heavy atom. The van der Waals surface area contributed by atoms with Gasteiger partial charge in [0.05, 0.1) is 11.3 Å². The second-order valence-electron chi connectivity index (χ2n) is 7.06. The summed E-state index contributed by atoms with van der Waals surface area (Å²) in [6, 6.07) is 19.9. The Morgan fingerprint density at radius 2 is 1.60 bits per heavy atom. The molecule has 30 heavy (non-hydrogen) atoms. The summed E-state index contributed by atoms with van der Waals surface area (Å²) < 4.78 is 28.4. The lowest BCUT2D eigenvalue weighted by Crippen LogP contribution is -2.18. The van der Waals surface area contributed by atoms with E-state index in [-0.39, 0.29) is 21.4 Å². The molecule has 0 aliphatic heterocycles. The SMILES string of the molecule is Cc1ccc(NC(=O)c2cc3ccccc3cc2NS(=O)(=O)c2cccs2)c(C)c1. The van der Waals surface area contributed by atoms with Gasteiger partial charge in [-0.1, -0.05) is 48.0 Å². The summed E-state index contributed by atoms with van der Waals surface area (Å²) in [5, 5.41) is 6.29. The standard InChI is InChI=1S/C23H20N2O3S2/c1-15-9-10-20(16(2)12-15)24-23(26)19-13-17-6-3-4-7-18(17)14-21(19)25-30(27,28)22-8-5-11-29-22/h3-14,25H,1-2H3,(H,24,26). The molecule has 0 fully saturated rings. The van der Waals surface area contributed by atoms with Gasteiger partial charge in [0, 0.05) is 5.69 Å². The molecular weight excluding hydrogens is 416 g/mol. The van der Waals surface area contributed by atoms with E-state index in [1.54, 1.807) is 23.6 Å². The molecule has 5 nitrogen and oxygen atoms in total. The second-order valence-corrected chi connectivity index (χ2v) is 9.91. The van der Waals surface area contributed by atoms with Crippen LogP contribution < -0.4 is 10.0 Å². The number of fused-ring (bicyclic) bond motifs is 1. The van der Waals surface area contributed by atoms with Crippen molar-refractivity contribution < 1.29 is 13.2 Å². The molecule has 3 aromatic carbocycles. The predicted octanol–water partition coefficient (Wildman–Crippen LogP) is 5.57. The van der Waals surface area contributed by atoms with Gasteiger partial charge in [-0.25, -0.2) is 8.42 Å². The number of anilines is 2. The summed E-state index contributed by atoms with van der Waals surface area (Å²) in [5.41, 5.74) is 3.22. The number of hydrogen-bond acceptors (Lipinski definition) is 4. The molecule has 0 aliphatic carbocycles. The normalized spacial score (nSPS) is 11.4. The average Bonchev–Trinajstić information content (AvgIpc) is 3.25. The zero-order chi connectivity index (χ0) is 21.3. The van der Waals surface area contributed by atoms with Crippen molar-refractivity contribution >= 4 is 49.4 Å². The third kappa shape index (κ3) is 4.08. The first-order chi connectivity index (χ1) is 14.3. The summed E-state index contributed by atoms with van der Waals surface area (Å²) in [7, 11) is -3.79. The predicted molar refractivity (Wildman–Crippen MR) is 123 cm³/mol. The number of rotatable bonds is 5. The molecule has 0 spiro atoms. The van der Waals surface area contributed by atoms with E-state index in [1.807, 2.05) is 56.3 Å². The van der Waals surface area contributed by atoms with Gasteiger partial charge in [-0.15, -0.1) is 11.3 Å². The Kier molecular flexibility index (Phi) is 5.32. The summed E-state index contributed by atoms with van der Waals surface area (Å²) in [4.78, 5) is 13.1. The first-order valence-electron chi connectivity index (χ1n) is 9.31. The number of hydrogen-bond donors (Lipinski definition) is 2. The van der Waals surface area contributed by atoms with Crippen molar-refractivity contribution in [2.24, 2.45) is 0 Å². The lowest BCUT2D eigenvalue weighted by atomic mass is 10.0. The van der Waals surface area contributed by atoms with Gasteiger partial charge < -0.3 is 5.32 Å². The van der Waals surface area contributed by atoms with E-state index in [1.165, 1.54) is 6.07 Å². The Balaban J connectivity index is 1.77. The number of carbonyl (C=O) groups excluding carboxylic acids is 1. The highest BCUT2D eigenvalue weighted by molar-refractivity contribution is 7.94. The van der Waals surface area contributed by atoms with E-state index in [0.717, 1.165) is 33.2 Å². The topological polar surface area (TPSA) is 75.3 Å². The lowest BCUT2D eigenvalue weighted by Gasteiger charge is -2.15. The van der Waals surface area contributed by atoms with Crippen LogP contribution in [0.15, 0.2) is 76.3 Å². The van der Waals surface area contributed by atoms with Gasteiger partial charge in [-0.3, -0.25) is 9.52 Å². The van der Waals surface area contributed by atoms with Crippen LogP contribution in [0.4, 0.5) is 11.4 Å². The minimum absolute atomic E-state index is 0.191. The van der Waals surface area contributed by atoms with Crippen molar-refractivity contribution in [3.8, 4) is 0 Å². The summed E-state index contributed by atoms with van der Waals surface area (Å²) in [5.74, 6) is -0.378. The van der Waals surface area contributed by atoms with Crippen LogP contribution in [0.2, 0.25) is 0 Å². The number of benzene rings is 3. The highest BCUT2D eigenvalue weighted by Gasteiger charge is 2.21. The van der Waals surface area contributed by atoms with Crippen LogP contribution in [0, 0.1) is 13.8 Å². The Bertz CT molecular complexity index is 1340. The van der Waals surface area contributed by atoms with E-state index in [0.29, 0.717) is 5.69 Å². The fourth-order valence-corrected chi connectivity index (χ4v) is 5.33. The molecule has 0 bridgehead atoms. The molecule has 0 saturated heterocycles. The molecule has 1 aromatic heterocycles. The maximum absolute atomic E-state index is 13.1. The number of sulfonamides is 1. The molecule has 0 unspecified atom stereocenters. The van der Waals surface area contributed by atoms with Crippen molar-refractivity contribution in [3.05, 3.63) is 88.8 Å². The van der Waals surface area contributed by atoms with Crippen LogP contribution in [0.1, 0.15) is 21.5 Å². The van der Waals surface area contributed by atoms with Gasteiger partial charge in [0.1, 0.15) is 4.21 Å². The average molecular weight is 437 g/mol. The van der Waals surface area contributed by atoms with Gasteiger partial charge in [-0.05, 0) is 59.8 Å². The van der Waals surface area contributed by atoms with Gasteiger partial charge in [0.25, 0.3) is 15.9 Å². The number of aryl methyl sites for hydroxylation is 2. The monoisotopic (exact) mass is 436 g/mol. The Labute approximate surface area is 179 Å². The fourth-order valence-electron chi connectivity index (χ4n) is 3.27. The molecule has 0 aliphatic rings. The molecule has 0 atom stereocenters. The van der Waals surface area contributed by atoms with E-state index in [2.05, 4.69) is 10.0 Å². The van der Waals surface area contributed by atoms with Crippen molar-refractivity contribution in [2.75, 3.05) is 10.0 Å². The molecule has 4 aromatic rings. The van der Waals surface area contributed by atoms with Crippen molar-refractivity contribution in [1.29, 1.82) is 0 Å². The second kappa shape index (κ2) is 7.93. The van der Waals surface area contributed by atoms with Gasteiger partial charge >= 0.3 is 0 Å². The summed E-state index contributed by atoms with van der Waals surface area (Å²) in [6.45, 7) is 3.91. The summed E-state index contributed by atoms with van der Waals surface area (Å²) in [6.07, 6.45) is 0. The molecule has 2 N–H and O–H groups in total. The maximum atomic E-state index is 13.1. The van der Waals surface area contributed by atoms with Gasteiger partial charge in [-0.2, -0.15) is 0 Å². The van der Waals surface area contributed by atoms with Gasteiger partial charge in [0.15, 0.2) is 0 Å². The lowest BCUT2D eigenvalue weighted by molar-refractivity contribution is 0.102. The molecular formula is C23H20N2O3S2. The fraction of sp³-hybridized carbons (Fsp3) is 0.0870. The maximum Gasteiger partial charge on any atom is 0.271 e. The molecule has 1 amide bonds. The quantitative estimate of drug-likeness (QED) is 0.429. The largest absolute Gasteiger partial charge is 0.322 e. The number of carbonyl (C=O) groups is 1. The van der Waals surface area contributed by atoms with Crippen molar-refractivity contribution in [1.82, 2.24) is 0 Å². The van der Waals surface area contributed by atoms with Gasteiger partial charge in [0.2, 0.25) is 0 Å². The first kappa shape index (κ1) is 20.1. The van der Waals surface area contributed by atoms with Crippen LogP contribution in [-0.4, -0.2) is 14.3 Å². The minimum Gasteiger partial charge on any atom is -0.322 e. The smallest absolute Gasteiger partial charge is 0.271 e. The molecule has 0 saturated carbocycles. The third-order valence-electron chi connectivity index (χ3n) is 4.76. The van der Waals surface area contributed by atoms with Crippen molar-refractivity contribution in [3.63, 3.8) is 0 Å². The molecule has 152 valence electrons. The van der Waals surface area contributed by atoms with E-state index >= 15 is 0 Å². The molecule has 7 heteroatoms. The zero-order valence-corrected chi connectivity index (χ0v) is 18.1.